The maximum atomic E-state index is 11.4. The Kier molecular flexibility index (Phi) is 4.54. The highest BCUT2D eigenvalue weighted by Crippen LogP contribution is 2.23. The van der Waals surface area contributed by atoms with Crippen LogP contribution in [0.25, 0.3) is 0 Å². The number of anilines is 1. The predicted octanol–water partition coefficient (Wildman–Crippen LogP) is 2.38. The van der Waals surface area contributed by atoms with Gasteiger partial charge in [0.25, 0.3) is 0 Å². The summed E-state index contributed by atoms with van der Waals surface area (Å²) in [6.45, 7) is 5.11. The molecule has 1 atom stereocenters. The second kappa shape index (κ2) is 5.74. The first-order valence-corrected chi connectivity index (χ1v) is 6.11. The molecule has 8 nitrogen and oxygen atoms in total. The molecule has 1 unspecified atom stereocenters. The number of nitroso groups, excluding NO2 is 1. The van der Waals surface area contributed by atoms with Crippen molar-refractivity contribution in [1.29, 1.82) is 0 Å². The average Bonchev–Trinajstić information content (AvgIpc) is 2.63. The highest BCUT2D eigenvalue weighted by Gasteiger charge is 2.24. The number of carbonyl (C=O) groups excluding carboxylic acids is 1. The van der Waals surface area contributed by atoms with E-state index in [1.165, 1.54) is 5.38 Å². The van der Waals surface area contributed by atoms with Gasteiger partial charge in [-0.3, -0.25) is 5.32 Å². The fourth-order valence-electron chi connectivity index (χ4n) is 1.09. The van der Waals surface area contributed by atoms with Crippen molar-refractivity contribution in [2.45, 2.75) is 32.4 Å². The second-order valence-corrected chi connectivity index (χ2v) is 5.41. The molecule has 1 amide bonds. The third-order valence-electron chi connectivity index (χ3n) is 1.75. The van der Waals surface area contributed by atoms with Crippen molar-refractivity contribution in [2.75, 3.05) is 5.32 Å². The molecular weight excluding hydrogens is 274 g/mol. The Hall–Kier alpha value is -2.03. The Labute approximate surface area is 112 Å². The van der Waals surface area contributed by atoms with Crippen LogP contribution in [0.1, 0.15) is 32.5 Å². The molecule has 0 aromatic carbocycles. The van der Waals surface area contributed by atoms with Crippen LogP contribution in [0.2, 0.25) is 0 Å². The Morgan fingerprint density at radius 3 is 2.63 bits per heavy atom. The van der Waals surface area contributed by atoms with Crippen molar-refractivity contribution in [3.63, 3.8) is 0 Å². The van der Waals surface area contributed by atoms with Crippen LogP contribution in [0.5, 0.6) is 0 Å². The van der Waals surface area contributed by atoms with Gasteiger partial charge >= 0.3 is 12.1 Å². The smallest absolute Gasteiger partial charge is 0.413 e. The number of rotatable bonds is 4. The predicted molar refractivity (Wildman–Crippen MR) is 68.1 cm³/mol. The summed E-state index contributed by atoms with van der Waals surface area (Å²) in [5.41, 5.74) is -0.684. The number of hydrogen-bond acceptors (Lipinski definition) is 7. The van der Waals surface area contributed by atoms with Crippen LogP contribution in [0.4, 0.5) is 9.93 Å². The van der Waals surface area contributed by atoms with Gasteiger partial charge in [-0.2, -0.15) is 0 Å². The van der Waals surface area contributed by atoms with E-state index in [0.717, 1.165) is 11.3 Å². The van der Waals surface area contributed by atoms with E-state index in [2.05, 4.69) is 15.5 Å². The van der Waals surface area contributed by atoms with Gasteiger partial charge in [0.15, 0.2) is 5.13 Å². The molecule has 0 aliphatic carbocycles. The van der Waals surface area contributed by atoms with E-state index >= 15 is 0 Å². The van der Waals surface area contributed by atoms with E-state index in [1.54, 1.807) is 20.8 Å². The standard InChI is InChI=1S/C10H13N3O5S/c1-10(2,3)18-9(16)12-8-11-5(4-19-8)6(13-17)7(14)15/h4,6H,1-3H3,(H,14,15)(H,11,12,16). The van der Waals surface area contributed by atoms with Gasteiger partial charge in [0.1, 0.15) is 5.60 Å². The number of aromatic nitrogens is 1. The monoisotopic (exact) mass is 287 g/mol. The Morgan fingerprint density at radius 1 is 1.53 bits per heavy atom. The number of carboxylic acid groups (broad SMARTS) is 1. The number of carboxylic acids is 1. The first-order chi connectivity index (χ1) is 8.73. The zero-order chi connectivity index (χ0) is 14.6. The van der Waals surface area contributed by atoms with Crippen molar-refractivity contribution in [3.8, 4) is 0 Å². The zero-order valence-electron chi connectivity index (χ0n) is 10.5. The molecular formula is C10H13N3O5S. The molecule has 0 aliphatic rings. The van der Waals surface area contributed by atoms with Crippen LogP contribution in [-0.4, -0.2) is 27.8 Å². The SMILES string of the molecule is CC(C)(C)OC(=O)Nc1nc(C(N=O)C(=O)O)cs1. The van der Waals surface area contributed by atoms with Crippen molar-refractivity contribution in [2.24, 2.45) is 5.18 Å². The van der Waals surface area contributed by atoms with E-state index in [4.69, 9.17) is 9.84 Å². The number of amides is 1. The van der Waals surface area contributed by atoms with E-state index in [0.29, 0.717) is 0 Å². The van der Waals surface area contributed by atoms with Crippen LogP contribution in [-0.2, 0) is 9.53 Å². The first-order valence-electron chi connectivity index (χ1n) is 5.23. The van der Waals surface area contributed by atoms with Gasteiger partial charge in [0.2, 0.25) is 6.04 Å². The quantitative estimate of drug-likeness (QED) is 0.821. The van der Waals surface area contributed by atoms with E-state index in [1.807, 2.05) is 0 Å². The molecule has 0 bridgehead atoms. The summed E-state index contributed by atoms with van der Waals surface area (Å²) in [4.78, 5) is 36.3. The number of thiazole rings is 1. The minimum Gasteiger partial charge on any atom is -0.479 e. The number of nitrogens with zero attached hydrogens (tertiary/aromatic N) is 2. The third kappa shape index (κ3) is 4.62. The summed E-state index contributed by atoms with van der Waals surface area (Å²) in [5, 5.41) is 15.0. The lowest BCUT2D eigenvalue weighted by Crippen LogP contribution is -2.27. The van der Waals surface area contributed by atoms with Crippen LogP contribution in [0.15, 0.2) is 10.6 Å². The van der Waals surface area contributed by atoms with Crippen molar-refractivity contribution < 1.29 is 19.4 Å². The van der Waals surface area contributed by atoms with Gasteiger partial charge in [-0.25, -0.2) is 14.6 Å². The van der Waals surface area contributed by atoms with Gasteiger partial charge in [0, 0.05) is 5.38 Å². The summed E-state index contributed by atoms with van der Waals surface area (Å²) in [7, 11) is 0. The topological polar surface area (TPSA) is 118 Å². The van der Waals surface area contributed by atoms with Gasteiger partial charge in [-0.05, 0) is 25.9 Å². The highest BCUT2D eigenvalue weighted by molar-refractivity contribution is 7.13. The normalized spacial score (nSPS) is 12.6. The number of ether oxygens (including phenoxy) is 1. The molecule has 9 heteroatoms. The minimum absolute atomic E-state index is 0.0291. The van der Waals surface area contributed by atoms with Crippen molar-refractivity contribution >= 4 is 28.5 Å². The van der Waals surface area contributed by atoms with E-state index < -0.39 is 23.7 Å². The first kappa shape index (κ1) is 15.0. The lowest BCUT2D eigenvalue weighted by atomic mass is 10.2. The summed E-state index contributed by atoms with van der Waals surface area (Å²) in [6.07, 6.45) is -0.709. The fourth-order valence-corrected chi connectivity index (χ4v) is 1.80. The van der Waals surface area contributed by atoms with Crippen LogP contribution in [0.3, 0.4) is 0 Å². The van der Waals surface area contributed by atoms with Gasteiger partial charge < -0.3 is 9.84 Å². The third-order valence-corrected chi connectivity index (χ3v) is 2.53. The number of nitrogens with one attached hydrogen (secondary N) is 1. The van der Waals surface area contributed by atoms with Crippen LogP contribution in [0, 0.1) is 4.91 Å². The fraction of sp³-hybridized carbons (Fsp3) is 0.500. The maximum absolute atomic E-state index is 11.4. The highest BCUT2D eigenvalue weighted by atomic mass is 32.1. The molecule has 0 saturated heterocycles. The number of carbonyl (C=O) groups is 2. The van der Waals surface area contributed by atoms with Crippen molar-refractivity contribution in [1.82, 2.24) is 4.98 Å². The average molecular weight is 287 g/mol. The van der Waals surface area contributed by atoms with E-state index in [-0.39, 0.29) is 10.8 Å². The molecule has 1 rings (SSSR count). The Balaban J connectivity index is 2.73. The van der Waals surface area contributed by atoms with Gasteiger partial charge in [-0.1, -0.05) is 0 Å². The minimum atomic E-state index is -1.58. The Morgan fingerprint density at radius 2 is 2.16 bits per heavy atom. The Bertz CT molecular complexity index is 494. The molecule has 19 heavy (non-hydrogen) atoms. The van der Waals surface area contributed by atoms with Gasteiger partial charge in [-0.15, -0.1) is 16.2 Å². The number of aliphatic carboxylic acids is 1. The molecule has 0 fully saturated rings. The lowest BCUT2D eigenvalue weighted by Gasteiger charge is -2.18. The molecule has 2 N–H and O–H groups in total. The molecule has 0 radical (unpaired) electrons. The molecule has 0 spiro atoms. The van der Waals surface area contributed by atoms with Crippen molar-refractivity contribution in [3.05, 3.63) is 16.0 Å². The molecule has 0 aliphatic heterocycles. The van der Waals surface area contributed by atoms with E-state index in [9.17, 15) is 14.5 Å². The molecule has 104 valence electrons. The molecule has 1 heterocycles. The summed E-state index contributed by atoms with van der Waals surface area (Å²) < 4.78 is 5.00. The van der Waals surface area contributed by atoms with Crippen LogP contribution < -0.4 is 5.32 Å². The maximum Gasteiger partial charge on any atom is 0.413 e. The summed E-state index contributed by atoms with van der Waals surface area (Å²) in [5.74, 6) is -1.40. The largest absolute Gasteiger partial charge is 0.479 e. The van der Waals surface area contributed by atoms with Gasteiger partial charge in [0.05, 0.1) is 5.69 Å². The molecule has 1 aromatic heterocycles. The summed E-state index contributed by atoms with van der Waals surface area (Å²) >= 11 is 0.980. The molecule has 0 saturated carbocycles. The number of hydrogen-bond donors (Lipinski definition) is 2. The lowest BCUT2D eigenvalue weighted by molar-refractivity contribution is -0.138. The molecule has 1 aromatic rings. The van der Waals surface area contributed by atoms with Crippen LogP contribution >= 0.6 is 11.3 Å². The second-order valence-electron chi connectivity index (χ2n) is 4.55. The zero-order valence-corrected chi connectivity index (χ0v) is 11.4. The summed E-state index contributed by atoms with van der Waals surface area (Å²) in [6, 6.07) is -1.58.